The molecule has 0 unspecified atom stereocenters. The summed E-state index contributed by atoms with van der Waals surface area (Å²) < 4.78 is 0. The number of likely N-dealkylation sites (tertiary alicyclic amines) is 1. The Hall–Kier alpha value is -1.70. The van der Waals surface area contributed by atoms with E-state index in [-0.39, 0.29) is 48.7 Å². The number of rotatable bonds is 2. The zero-order valence-electron chi connectivity index (χ0n) is 14.6. The Morgan fingerprint density at radius 2 is 1.89 bits per heavy atom. The number of carbonyl (C=O) groups is 2. The lowest BCUT2D eigenvalue weighted by atomic mass is 9.95. The highest BCUT2D eigenvalue weighted by atomic mass is 35.5. The van der Waals surface area contributed by atoms with Gasteiger partial charge < -0.3 is 24.9 Å². The van der Waals surface area contributed by atoms with Crippen LogP contribution in [0.15, 0.2) is 12.1 Å². The molecule has 0 bridgehead atoms. The molecule has 7 nitrogen and oxygen atoms in total. The van der Waals surface area contributed by atoms with E-state index in [4.69, 9.17) is 28.3 Å². The van der Waals surface area contributed by atoms with Gasteiger partial charge in [-0.1, -0.05) is 23.2 Å². The van der Waals surface area contributed by atoms with Crippen LogP contribution in [0.5, 0.6) is 5.75 Å². The molecular formula is C18H21Cl2N3O4. The first-order chi connectivity index (χ1) is 12.9. The second kappa shape index (κ2) is 7.04. The van der Waals surface area contributed by atoms with Gasteiger partial charge in [0.15, 0.2) is 0 Å². The Labute approximate surface area is 167 Å². The maximum Gasteiger partial charge on any atom is 0.320 e. The van der Waals surface area contributed by atoms with Gasteiger partial charge in [-0.05, 0) is 18.6 Å². The molecule has 3 aliphatic rings. The molecule has 27 heavy (non-hydrogen) atoms. The van der Waals surface area contributed by atoms with Crippen molar-refractivity contribution in [2.24, 2.45) is 5.92 Å². The van der Waals surface area contributed by atoms with Gasteiger partial charge in [0.2, 0.25) is 5.91 Å². The van der Waals surface area contributed by atoms with E-state index in [0.29, 0.717) is 48.2 Å². The number of halogens is 2. The van der Waals surface area contributed by atoms with Crippen LogP contribution in [0.4, 0.5) is 4.79 Å². The second-order valence-corrected chi connectivity index (χ2v) is 8.33. The number of hydrogen-bond acceptors (Lipinski definition) is 4. The van der Waals surface area contributed by atoms with Gasteiger partial charge in [0.1, 0.15) is 12.3 Å². The number of phenolic OH excluding ortho intramolecular Hbond substituents is 1. The van der Waals surface area contributed by atoms with E-state index in [0.717, 1.165) is 0 Å². The maximum atomic E-state index is 12.6. The molecule has 1 aromatic rings. The molecule has 4 rings (SSSR count). The molecule has 3 heterocycles. The van der Waals surface area contributed by atoms with Crippen LogP contribution in [0.25, 0.3) is 0 Å². The Bertz CT molecular complexity index is 784. The molecule has 0 radical (unpaired) electrons. The molecule has 1 aromatic carbocycles. The van der Waals surface area contributed by atoms with Crippen molar-refractivity contribution < 1.29 is 19.8 Å². The molecule has 9 heteroatoms. The van der Waals surface area contributed by atoms with Crippen molar-refractivity contribution in [3.63, 3.8) is 0 Å². The lowest BCUT2D eigenvalue weighted by Gasteiger charge is -2.44. The van der Waals surface area contributed by atoms with E-state index >= 15 is 0 Å². The van der Waals surface area contributed by atoms with Crippen molar-refractivity contribution in [3.05, 3.63) is 27.7 Å². The van der Waals surface area contributed by atoms with E-state index in [9.17, 15) is 14.7 Å². The molecule has 2 N–H and O–H groups in total. The number of aromatic hydroxyl groups is 1. The number of aliphatic hydroxyl groups excluding tert-OH is 1. The SMILES string of the molecule is O=C(N1CC(CO)C1)N1CC(=O)N2C[C@@H](c3c(O)ccc(Cl)c3Cl)C[C@H]2C1. The van der Waals surface area contributed by atoms with Crippen LogP contribution in [0.2, 0.25) is 10.0 Å². The molecule has 3 aliphatic heterocycles. The maximum absolute atomic E-state index is 12.6. The summed E-state index contributed by atoms with van der Waals surface area (Å²) in [6.07, 6.45) is 0.613. The zero-order valence-corrected chi connectivity index (χ0v) is 16.2. The van der Waals surface area contributed by atoms with E-state index in [1.54, 1.807) is 20.8 Å². The van der Waals surface area contributed by atoms with Crippen molar-refractivity contribution >= 4 is 35.1 Å². The average molecular weight is 414 g/mol. The monoisotopic (exact) mass is 413 g/mol. The fourth-order valence-electron chi connectivity index (χ4n) is 4.31. The number of phenols is 1. The molecule has 3 amide bonds. The Balaban J connectivity index is 1.48. The first-order valence-electron chi connectivity index (χ1n) is 9.00. The Kier molecular flexibility index (Phi) is 4.86. The Morgan fingerprint density at radius 3 is 2.59 bits per heavy atom. The largest absolute Gasteiger partial charge is 0.508 e. The number of hydrogen-bond donors (Lipinski definition) is 2. The number of carbonyl (C=O) groups excluding carboxylic acids is 2. The van der Waals surface area contributed by atoms with Crippen molar-refractivity contribution in [1.82, 2.24) is 14.7 Å². The minimum atomic E-state index is -0.153. The smallest absolute Gasteiger partial charge is 0.320 e. The predicted octanol–water partition coefficient (Wildman–Crippen LogP) is 1.74. The topological polar surface area (TPSA) is 84.3 Å². The highest BCUT2D eigenvalue weighted by Crippen LogP contribution is 2.43. The van der Waals surface area contributed by atoms with Gasteiger partial charge in [-0.15, -0.1) is 0 Å². The third-order valence-electron chi connectivity index (χ3n) is 5.77. The lowest BCUT2D eigenvalue weighted by molar-refractivity contribution is -0.136. The van der Waals surface area contributed by atoms with Gasteiger partial charge in [-0.25, -0.2) is 4.79 Å². The lowest BCUT2D eigenvalue weighted by Crippen LogP contribution is -2.61. The molecule has 0 aliphatic carbocycles. The van der Waals surface area contributed by atoms with Gasteiger partial charge in [-0.3, -0.25) is 4.79 Å². The summed E-state index contributed by atoms with van der Waals surface area (Å²) in [5, 5.41) is 20.0. The van der Waals surface area contributed by atoms with Crippen LogP contribution in [0.3, 0.4) is 0 Å². The van der Waals surface area contributed by atoms with Crippen LogP contribution in [0.1, 0.15) is 17.9 Å². The van der Waals surface area contributed by atoms with Gasteiger partial charge >= 0.3 is 6.03 Å². The number of benzene rings is 1. The fourth-order valence-corrected chi connectivity index (χ4v) is 4.79. The van der Waals surface area contributed by atoms with Gasteiger partial charge in [0.25, 0.3) is 0 Å². The zero-order chi connectivity index (χ0) is 19.3. The third-order valence-corrected chi connectivity index (χ3v) is 6.59. The number of fused-ring (bicyclic) bond motifs is 1. The molecule has 0 aromatic heterocycles. The van der Waals surface area contributed by atoms with E-state index in [1.165, 1.54) is 6.07 Å². The fraction of sp³-hybridized carbons (Fsp3) is 0.556. The standard InChI is InChI=1S/C18H21Cl2N3O4/c19-13-1-2-14(25)16(17(13)20)11-3-12-7-22(8-15(26)23(12)6-11)18(27)21-4-10(5-21)9-24/h1-2,10-12,24-25H,3-9H2/t11-,12-/m0/s1. The quantitative estimate of drug-likeness (QED) is 0.773. The second-order valence-electron chi connectivity index (χ2n) is 7.54. The van der Waals surface area contributed by atoms with Gasteiger partial charge in [0, 0.05) is 50.2 Å². The van der Waals surface area contributed by atoms with Crippen LogP contribution < -0.4 is 0 Å². The molecule has 0 saturated carbocycles. The van der Waals surface area contributed by atoms with Crippen molar-refractivity contribution in [1.29, 1.82) is 0 Å². The molecule has 0 spiro atoms. The first kappa shape index (κ1) is 18.7. The molecule has 3 fully saturated rings. The predicted molar refractivity (Wildman–Crippen MR) is 100 cm³/mol. The normalized spacial score (nSPS) is 25.6. The highest BCUT2D eigenvalue weighted by molar-refractivity contribution is 6.42. The van der Waals surface area contributed by atoms with Crippen LogP contribution >= 0.6 is 23.2 Å². The first-order valence-corrected chi connectivity index (χ1v) is 9.75. The summed E-state index contributed by atoms with van der Waals surface area (Å²) in [5.41, 5.74) is 0.567. The van der Waals surface area contributed by atoms with Crippen molar-refractivity contribution in [3.8, 4) is 5.75 Å². The summed E-state index contributed by atoms with van der Waals surface area (Å²) in [7, 11) is 0. The van der Waals surface area contributed by atoms with Crippen LogP contribution in [-0.2, 0) is 4.79 Å². The summed E-state index contributed by atoms with van der Waals surface area (Å²) in [6, 6.07) is 2.80. The summed E-state index contributed by atoms with van der Waals surface area (Å²) in [4.78, 5) is 30.2. The number of piperazine rings is 1. The van der Waals surface area contributed by atoms with Crippen molar-refractivity contribution in [2.75, 3.05) is 39.3 Å². The summed E-state index contributed by atoms with van der Waals surface area (Å²) in [6.45, 7) is 2.10. The Morgan fingerprint density at radius 1 is 1.15 bits per heavy atom. The van der Waals surface area contributed by atoms with Crippen molar-refractivity contribution in [2.45, 2.75) is 18.4 Å². The number of nitrogens with zero attached hydrogens (tertiary/aromatic N) is 3. The molecule has 146 valence electrons. The number of urea groups is 1. The highest BCUT2D eigenvalue weighted by Gasteiger charge is 2.44. The molecule has 2 atom stereocenters. The van der Waals surface area contributed by atoms with E-state index in [1.807, 2.05) is 0 Å². The summed E-state index contributed by atoms with van der Waals surface area (Å²) in [5.74, 6) is -0.0121. The van der Waals surface area contributed by atoms with E-state index < -0.39 is 0 Å². The average Bonchev–Trinajstić information content (AvgIpc) is 3.02. The van der Waals surface area contributed by atoms with E-state index in [2.05, 4.69) is 0 Å². The minimum Gasteiger partial charge on any atom is -0.508 e. The molecular weight excluding hydrogens is 393 g/mol. The van der Waals surface area contributed by atoms with Gasteiger partial charge in [-0.2, -0.15) is 0 Å². The van der Waals surface area contributed by atoms with Crippen LogP contribution in [0, 0.1) is 5.92 Å². The minimum absolute atomic E-state index is 0.0532. The molecule has 3 saturated heterocycles. The van der Waals surface area contributed by atoms with Gasteiger partial charge in [0.05, 0.1) is 16.1 Å². The number of aliphatic hydroxyl groups is 1. The van der Waals surface area contributed by atoms with Crippen LogP contribution in [-0.4, -0.2) is 82.2 Å². The number of amides is 3. The third kappa shape index (κ3) is 3.22. The summed E-state index contributed by atoms with van der Waals surface area (Å²) >= 11 is 12.4.